The second-order valence-corrected chi connectivity index (χ2v) is 5.25. The zero-order valence-electron chi connectivity index (χ0n) is 11.4. The molecule has 0 aliphatic heterocycles. The van der Waals surface area contributed by atoms with Crippen molar-refractivity contribution in [2.75, 3.05) is 0 Å². The number of pyridine rings is 1. The summed E-state index contributed by atoms with van der Waals surface area (Å²) in [6.07, 6.45) is 0. The van der Waals surface area contributed by atoms with Crippen molar-refractivity contribution >= 4 is 22.5 Å². The number of hydrogen-bond acceptors (Lipinski definition) is 2. The van der Waals surface area contributed by atoms with Crippen LogP contribution in [0, 0.1) is 13.8 Å². The number of benzene rings is 2. The summed E-state index contributed by atoms with van der Waals surface area (Å²) in [6.45, 7) is 3.98. The largest absolute Gasteiger partial charge is 0.457 e. The molecule has 0 aliphatic carbocycles. The quantitative estimate of drug-likeness (QED) is 0.637. The third-order valence-corrected chi connectivity index (χ3v) is 3.43. The molecule has 100 valence electrons. The summed E-state index contributed by atoms with van der Waals surface area (Å²) in [5.41, 5.74) is 3.00. The number of ether oxygens (including phenoxy) is 1. The Morgan fingerprint density at radius 1 is 0.900 bits per heavy atom. The van der Waals surface area contributed by atoms with Crippen molar-refractivity contribution in [2.24, 2.45) is 0 Å². The lowest BCUT2D eigenvalue weighted by molar-refractivity contribution is 0.483. The average Bonchev–Trinajstić information content (AvgIpc) is 2.42. The van der Waals surface area contributed by atoms with Crippen LogP contribution in [0.25, 0.3) is 10.9 Å². The zero-order chi connectivity index (χ0) is 14.1. The molecule has 0 spiro atoms. The summed E-state index contributed by atoms with van der Waals surface area (Å²) >= 11 is 6.26. The van der Waals surface area contributed by atoms with Gasteiger partial charge < -0.3 is 4.74 Å². The first-order valence-electron chi connectivity index (χ1n) is 6.43. The molecule has 3 aromatic rings. The van der Waals surface area contributed by atoms with Gasteiger partial charge in [0.05, 0.1) is 10.5 Å². The lowest BCUT2D eigenvalue weighted by Crippen LogP contribution is -1.88. The minimum absolute atomic E-state index is 0.696. The van der Waals surface area contributed by atoms with Crippen molar-refractivity contribution in [1.82, 2.24) is 4.98 Å². The van der Waals surface area contributed by atoms with Crippen LogP contribution in [0.2, 0.25) is 5.02 Å². The smallest absolute Gasteiger partial charge is 0.128 e. The van der Waals surface area contributed by atoms with E-state index in [9.17, 15) is 0 Å². The fraction of sp³-hybridized carbons (Fsp3) is 0.118. The maximum Gasteiger partial charge on any atom is 0.128 e. The van der Waals surface area contributed by atoms with Crippen molar-refractivity contribution in [2.45, 2.75) is 13.8 Å². The average molecular weight is 284 g/mol. The fourth-order valence-electron chi connectivity index (χ4n) is 2.09. The highest BCUT2D eigenvalue weighted by Gasteiger charge is 2.05. The van der Waals surface area contributed by atoms with Gasteiger partial charge in [-0.1, -0.05) is 29.3 Å². The lowest BCUT2D eigenvalue weighted by Gasteiger charge is -2.08. The van der Waals surface area contributed by atoms with Gasteiger partial charge in [0.25, 0.3) is 0 Å². The summed E-state index contributed by atoms with van der Waals surface area (Å²) in [4.78, 5) is 4.46. The minimum atomic E-state index is 0.696. The van der Waals surface area contributed by atoms with Gasteiger partial charge in [-0.25, -0.2) is 0 Å². The standard InChI is InChI=1S/C17H14ClNO/c1-11-3-5-13(6-4-11)20-14-7-8-17-15(10-14)16(18)9-12(2)19-17/h3-10H,1-2H3. The molecule has 0 amide bonds. The van der Waals surface area contributed by atoms with Crippen LogP contribution in [0.1, 0.15) is 11.3 Å². The van der Waals surface area contributed by atoms with Crippen LogP contribution < -0.4 is 4.74 Å². The van der Waals surface area contributed by atoms with Gasteiger partial charge in [-0.2, -0.15) is 0 Å². The summed E-state index contributed by atoms with van der Waals surface area (Å²) in [7, 11) is 0. The van der Waals surface area contributed by atoms with Crippen molar-refractivity contribution < 1.29 is 4.74 Å². The molecule has 0 aliphatic rings. The van der Waals surface area contributed by atoms with Crippen molar-refractivity contribution in [1.29, 1.82) is 0 Å². The van der Waals surface area contributed by atoms with Gasteiger partial charge in [0, 0.05) is 11.1 Å². The van der Waals surface area contributed by atoms with Gasteiger partial charge in [-0.15, -0.1) is 0 Å². The number of aromatic nitrogens is 1. The van der Waals surface area contributed by atoms with Crippen molar-refractivity contribution in [3.63, 3.8) is 0 Å². The second kappa shape index (κ2) is 5.14. The summed E-state index contributed by atoms with van der Waals surface area (Å²) in [5.74, 6) is 1.57. The number of hydrogen-bond donors (Lipinski definition) is 0. The highest BCUT2D eigenvalue weighted by Crippen LogP contribution is 2.29. The summed E-state index contributed by atoms with van der Waals surface area (Å²) < 4.78 is 5.84. The fourth-order valence-corrected chi connectivity index (χ4v) is 2.40. The van der Waals surface area contributed by atoms with E-state index in [4.69, 9.17) is 16.3 Å². The van der Waals surface area contributed by atoms with E-state index >= 15 is 0 Å². The van der Waals surface area contributed by atoms with E-state index in [0.717, 1.165) is 28.1 Å². The highest BCUT2D eigenvalue weighted by atomic mass is 35.5. The Kier molecular flexibility index (Phi) is 3.33. The first-order chi connectivity index (χ1) is 9.61. The molecule has 1 heterocycles. The van der Waals surface area contributed by atoms with Gasteiger partial charge >= 0.3 is 0 Å². The summed E-state index contributed by atoms with van der Waals surface area (Å²) in [5, 5.41) is 1.60. The van der Waals surface area contributed by atoms with Gasteiger partial charge in [0.15, 0.2) is 0 Å². The van der Waals surface area contributed by atoms with Gasteiger partial charge in [0.2, 0.25) is 0 Å². The normalized spacial score (nSPS) is 10.8. The Balaban J connectivity index is 1.98. The maximum atomic E-state index is 6.26. The van der Waals surface area contributed by atoms with Gasteiger partial charge in [0.1, 0.15) is 11.5 Å². The molecular formula is C17H14ClNO. The van der Waals surface area contributed by atoms with Crippen molar-refractivity contribution in [3.8, 4) is 11.5 Å². The number of rotatable bonds is 2. The second-order valence-electron chi connectivity index (χ2n) is 4.84. The molecule has 0 atom stereocenters. The number of nitrogens with zero attached hydrogens (tertiary/aromatic N) is 1. The van der Waals surface area contributed by atoms with Crippen LogP contribution >= 0.6 is 11.6 Å². The van der Waals surface area contributed by atoms with E-state index in [0.29, 0.717) is 5.02 Å². The monoisotopic (exact) mass is 283 g/mol. The molecule has 2 nitrogen and oxygen atoms in total. The molecule has 0 radical (unpaired) electrons. The molecule has 0 N–H and O–H groups in total. The van der Waals surface area contributed by atoms with Crippen LogP contribution in [0.5, 0.6) is 11.5 Å². The molecule has 3 heteroatoms. The topological polar surface area (TPSA) is 22.1 Å². The van der Waals surface area contributed by atoms with Crippen LogP contribution in [0.15, 0.2) is 48.5 Å². The minimum Gasteiger partial charge on any atom is -0.457 e. The molecule has 0 saturated carbocycles. The van der Waals surface area contributed by atoms with Crippen LogP contribution in [0.3, 0.4) is 0 Å². The summed E-state index contributed by atoms with van der Waals surface area (Å²) in [6, 6.07) is 15.6. The predicted octanol–water partition coefficient (Wildman–Crippen LogP) is 5.30. The van der Waals surface area contributed by atoms with E-state index < -0.39 is 0 Å². The molecule has 0 saturated heterocycles. The first kappa shape index (κ1) is 12.9. The molecule has 20 heavy (non-hydrogen) atoms. The SMILES string of the molecule is Cc1ccc(Oc2ccc3nc(C)cc(Cl)c3c2)cc1. The number of halogens is 1. The Hall–Kier alpha value is -2.06. The molecule has 1 aromatic heterocycles. The Labute approximate surface area is 123 Å². The number of fused-ring (bicyclic) bond motifs is 1. The van der Waals surface area contributed by atoms with E-state index in [2.05, 4.69) is 4.98 Å². The predicted molar refractivity (Wildman–Crippen MR) is 82.7 cm³/mol. The molecular weight excluding hydrogens is 270 g/mol. The van der Waals surface area contributed by atoms with Gasteiger partial charge in [-0.05, 0) is 50.2 Å². The Morgan fingerprint density at radius 3 is 2.35 bits per heavy atom. The first-order valence-corrected chi connectivity index (χ1v) is 6.81. The third-order valence-electron chi connectivity index (χ3n) is 3.11. The van der Waals surface area contributed by atoms with E-state index in [-0.39, 0.29) is 0 Å². The third kappa shape index (κ3) is 2.61. The molecule has 0 bridgehead atoms. The molecule has 3 rings (SSSR count). The molecule has 0 fully saturated rings. The molecule has 0 unspecified atom stereocenters. The van der Waals surface area contributed by atoms with Gasteiger partial charge in [-0.3, -0.25) is 4.98 Å². The lowest BCUT2D eigenvalue weighted by atomic mass is 10.2. The number of aryl methyl sites for hydroxylation is 2. The van der Waals surface area contributed by atoms with E-state index in [1.54, 1.807) is 0 Å². The van der Waals surface area contributed by atoms with Crippen LogP contribution in [-0.4, -0.2) is 4.98 Å². The van der Waals surface area contributed by atoms with Crippen LogP contribution in [-0.2, 0) is 0 Å². The molecule has 2 aromatic carbocycles. The van der Waals surface area contributed by atoms with Crippen molar-refractivity contribution in [3.05, 3.63) is 64.8 Å². The van der Waals surface area contributed by atoms with E-state index in [1.807, 2.05) is 62.4 Å². The Bertz CT molecular complexity index is 766. The zero-order valence-corrected chi connectivity index (χ0v) is 12.1. The van der Waals surface area contributed by atoms with E-state index in [1.165, 1.54) is 5.56 Å². The Morgan fingerprint density at radius 2 is 1.60 bits per heavy atom. The maximum absolute atomic E-state index is 6.26. The highest BCUT2D eigenvalue weighted by molar-refractivity contribution is 6.35. The van der Waals surface area contributed by atoms with Crippen LogP contribution in [0.4, 0.5) is 0 Å².